The second-order valence-electron chi connectivity index (χ2n) is 8.35. The van der Waals surface area contributed by atoms with Crippen LogP contribution in [0.4, 0.5) is 0 Å². The van der Waals surface area contributed by atoms with Gasteiger partial charge in [-0.25, -0.2) is 0 Å². The van der Waals surface area contributed by atoms with E-state index in [0.717, 1.165) is 36.8 Å². The molecule has 3 N–H and O–H groups in total. The summed E-state index contributed by atoms with van der Waals surface area (Å²) in [5, 5.41) is 3.19. The van der Waals surface area contributed by atoms with Crippen LogP contribution in [-0.2, 0) is 4.79 Å². The highest BCUT2D eigenvalue weighted by atomic mass is 35.5. The number of likely N-dealkylation sites (tertiary alicyclic amines) is 1. The molecule has 1 heterocycles. The molecule has 1 saturated carbocycles. The Kier molecular flexibility index (Phi) is 6.92. The van der Waals surface area contributed by atoms with Crippen molar-refractivity contribution in [2.45, 2.75) is 52.0 Å². The number of halogens is 1. The van der Waals surface area contributed by atoms with Gasteiger partial charge in [0.25, 0.3) is 5.91 Å². The van der Waals surface area contributed by atoms with Gasteiger partial charge in [0.1, 0.15) is 0 Å². The summed E-state index contributed by atoms with van der Waals surface area (Å²) in [6.45, 7) is 7.71. The molecular formula is C21H32ClN3O2. The average Bonchev–Trinajstić information content (AvgIpc) is 3.46. The lowest BCUT2D eigenvalue weighted by Gasteiger charge is -2.36. The van der Waals surface area contributed by atoms with Gasteiger partial charge in [-0.1, -0.05) is 17.2 Å². The van der Waals surface area contributed by atoms with E-state index in [-0.39, 0.29) is 35.7 Å². The van der Waals surface area contributed by atoms with Crippen molar-refractivity contribution in [2.24, 2.45) is 17.6 Å². The van der Waals surface area contributed by atoms with Gasteiger partial charge in [0.15, 0.2) is 0 Å². The van der Waals surface area contributed by atoms with Gasteiger partial charge in [0.05, 0.1) is 11.5 Å². The highest BCUT2D eigenvalue weighted by Crippen LogP contribution is 2.39. The van der Waals surface area contributed by atoms with Crippen LogP contribution in [0.1, 0.15) is 54.1 Å². The van der Waals surface area contributed by atoms with Gasteiger partial charge in [-0.15, -0.1) is 12.4 Å². The van der Waals surface area contributed by atoms with Gasteiger partial charge in [-0.2, -0.15) is 0 Å². The predicted octanol–water partition coefficient (Wildman–Crippen LogP) is 2.82. The molecule has 1 aromatic carbocycles. The third-order valence-electron chi connectivity index (χ3n) is 5.86. The molecule has 0 spiro atoms. The summed E-state index contributed by atoms with van der Waals surface area (Å²) in [6, 6.07) is 5.92. The van der Waals surface area contributed by atoms with E-state index in [1.54, 1.807) is 0 Å². The van der Waals surface area contributed by atoms with E-state index in [4.69, 9.17) is 5.73 Å². The normalized spacial score (nSPS) is 21.8. The zero-order valence-electron chi connectivity index (χ0n) is 16.6. The quantitative estimate of drug-likeness (QED) is 0.807. The highest BCUT2D eigenvalue weighted by Gasteiger charge is 2.43. The van der Waals surface area contributed by atoms with Crippen LogP contribution in [0.2, 0.25) is 0 Å². The topological polar surface area (TPSA) is 75.4 Å². The lowest BCUT2D eigenvalue weighted by atomic mass is 9.91. The second kappa shape index (κ2) is 8.61. The molecule has 2 aliphatic rings. The first-order chi connectivity index (χ1) is 12.3. The zero-order valence-corrected chi connectivity index (χ0v) is 17.4. The molecule has 2 fully saturated rings. The molecular weight excluding hydrogens is 362 g/mol. The minimum Gasteiger partial charge on any atom is -0.349 e. The maximum atomic E-state index is 12.9. The minimum atomic E-state index is -0.309. The van der Waals surface area contributed by atoms with Gasteiger partial charge in [-0.05, 0) is 64.5 Å². The second-order valence-corrected chi connectivity index (χ2v) is 8.35. The Bertz CT molecular complexity index is 684. The van der Waals surface area contributed by atoms with E-state index in [2.05, 4.69) is 11.4 Å². The molecule has 6 heteroatoms. The molecule has 5 nitrogen and oxygen atoms in total. The number of hydrogen-bond acceptors (Lipinski definition) is 3. The number of nitrogens with one attached hydrogen (secondary N) is 1. The number of aryl methyl sites for hydroxylation is 2. The maximum Gasteiger partial charge on any atom is 0.253 e. The Labute approximate surface area is 168 Å². The Hall–Kier alpha value is -1.59. The number of amides is 2. The van der Waals surface area contributed by atoms with E-state index < -0.39 is 0 Å². The lowest BCUT2D eigenvalue weighted by Crippen LogP contribution is -2.56. The van der Waals surface area contributed by atoms with Crippen molar-refractivity contribution in [2.75, 3.05) is 19.6 Å². The molecule has 2 atom stereocenters. The Morgan fingerprint density at radius 1 is 1.19 bits per heavy atom. The summed E-state index contributed by atoms with van der Waals surface area (Å²) >= 11 is 0. The summed E-state index contributed by atoms with van der Waals surface area (Å²) in [6.07, 6.45) is 3.96. The van der Waals surface area contributed by atoms with E-state index in [0.29, 0.717) is 31.1 Å². The molecule has 2 amide bonds. The molecule has 3 rings (SSSR count). The molecule has 2 unspecified atom stereocenters. The Balaban J connectivity index is 0.00000261. The van der Waals surface area contributed by atoms with E-state index in [1.165, 1.54) is 0 Å². The third-order valence-corrected chi connectivity index (χ3v) is 5.86. The van der Waals surface area contributed by atoms with Crippen molar-refractivity contribution < 1.29 is 9.59 Å². The molecule has 150 valence electrons. The Morgan fingerprint density at radius 3 is 2.37 bits per heavy atom. The Morgan fingerprint density at radius 2 is 1.81 bits per heavy atom. The summed E-state index contributed by atoms with van der Waals surface area (Å²) in [7, 11) is 0. The average molecular weight is 394 g/mol. The molecule has 0 aromatic heterocycles. The van der Waals surface area contributed by atoms with Crippen molar-refractivity contribution >= 4 is 24.2 Å². The van der Waals surface area contributed by atoms with Crippen molar-refractivity contribution in [1.82, 2.24) is 10.2 Å². The monoisotopic (exact) mass is 393 g/mol. The number of benzene rings is 1. The number of hydrogen-bond donors (Lipinski definition) is 2. The third kappa shape index (κ3) is 5.02. The number of carbonyl (C=O) groups excluding carboxylic acids is 2. The molecule has 27 heavy (non-hydrogen) atoms. The number of carbonyl (C=O) groups is 2. The first-order valence-electron chi connectivity index (χ1n) is 9.72. The van der Waals surface area contributed by atoms with Crippen molar-refractivity contribution in [3.8, 4) is 0 Å². The van der Waals surface area contributed by atoms with Crippen LogP contribution in [0.3, 0.4) is 0 Å². The highest BCUT2D eigenvalue weighted by molar-refractivity contribution is 5.95. The van der Waals surface area contributed by atoms with E-state index in [1.807, 2.05) is 37.8 Å². The predicted molar refractivity (Wildman–Crippen MR) is 110 cm³/mol. The van der Waals surface area contributed by atoms with E-state index in [9.17, 15) is 9.59 Å². The van der Waals surface area contributed by atoms with Crippen molar-refractivity contribution in [3.63, 3.8) is 0 Å². The summed E-state index contributed by atoms with van der Waals surface area (Å²) < 4.78 is 0. The van der Waals surface area contributed by atoms with Crippen LogP contribution >= 0.6 is 12.4 Å². The van der Waals surface area contributed by atoms with Crippen LogP contribution in [0.15, 0.2) is 18.2 Å². The van der Waals surface area contributed by atoms with Gasteiger partial charge in [0, 0.05) is 25.2 Å². The smallest absolute Gasteiger partial charge is 0.253 e. The fourth-order valence-corrected chi connectivity index (χ4v) is 4.08. The summed E-state index contributed by atoms with van der Waals surface area (Å²) in [5.74, 6) is 0.414. The van der Waals surface area contributed by atoms with Gasteiger partial charge in [-0.3, -0.25) is 9.59 Å². The molecule has 1 aromatic rings. The lowest BCUT2D eigenvalue weighted by molar-refractivity contribution is -0.128. The fourth-order valence-electron chi connectivity index (χ4n) is 4.08. The largest absolute Gasteiger partial charge is 0.349 e. The fraction of sp³-hybridized carbons (Fsp3) is 0.619. The number of rotatable bonds is 5. The van der Waals surface area contributed by atoms with Gasteiger partial charge < -0.3 is 16.0 Å². The maximum absolute atomic E-state index is 12.9. The van der Waals surface area contributed by atoms with Crippen LogP contribution in [0, 0.1) is 25.7 Å². The van der Waals surface area contributed by atoms with Gasteiger partial charge >= 0.3 is 0 Å². The number of nitrogens with zero attached hydrogens (tertiary/aromatic N) is 1. The number of piperidine rings is 1. The van der Waals surface area contributed by atoms with E-state index >= 15 is 0 Å². The van der Waals surface area contributed by atoms with Crippen LogP contribution in [0.25, 0.3) is 0 Å². The van der Waals surface area contributed by atoms with Crippen LogP contribution < -0.4 is 11.1 Å². The standard InChI is InChI=1S/C21H31N3O2.ClH/c1-14-9-15(2)11-17(10-14)20(26)24-8-4-5-16(12-24)19(25)23-21(3,13-22)18-6-7-18;/h9-11,16,18H,4-8,12-13,22H2,1-3H3,(H,23,25);1H. The first-order valence-corrected chi connectivity index (χ1v) is 9.72. The van der Waals surface area contributed by atoms with Crippen molar-refractivity contribution in [1.29, 1.82) is 0 Å². The molecule has 0 bridgehead atoms. The molecule has 1 aliphatic carbocycles. The molecule has 1 aliphatic heterocycles. The summed E-state index contributed by atoms with van der Waals surface area (Å²) in [5.41, 5.74) is 8.51. The molecule has 1 saturated heterocycles. The SMILES string of the molecule is Cc1cc(C)cc(C(=O)N2CCCC(C(=O)NC(C)(CN)C3CC3)C2)c1.Cl. The summed E-state index contributed by atoms with van der Waals surface area (Å²) in [4.78, 5) is 27.6. The van der Waals surface area contributed by atoms with Crippen molar-refractivity contribution in [3.05, 3.63) is 34.9 Å². The number of nitrogens with two attached hydrogens (primary N) is 1. The van der Waals surface area contributed by atoms with Gasteiger partial charge in [0.2, 0.25) is 5.91 Å². The zero-order chi connectivity index (χ0) is 18.9. The first kappa shape index (κ1) is 21.7. The molecule has 0 radical (unpaired) electrons. The minimum absolute atomic E-state index is 0. The van der Waals surface area contributed by atoms with Crippen LogP contribution in [-0.4, -0.2) is 41.9 Å². The van der Waals surface area contributed by atoms with Crippen LogP contribution in [0.5, 0.6) is 0 Å².